The Bertz CT molecular complexity index is 559. The van der Waals surface area contributed by atoms with Crippen LogP contribution in [-0.4, -0.2) is 25.5 Å². The summed E-state index contributed by atoms with van der Waals surface area (Å²) in [6.45, 7) is 3.52. The summed E-state index contributed by atoms with van der Waals surface area (Å²) in [5, 5.41) is 9.11. The van der Waals surface area contributed by atoms with Crippen molar-refractivity contribution in [1.82, 2.24) is 4.72 Å². The number of carboxylic acids is 1. The van der Waals surface area contributed by atoms with E-state index in [9.17, 15) is 13.2 Å². The molecular formula is C12H16INO4S. The van der Waals surface area contributed by atoms with Gasteiger partial charge in [-0.15, -0.1) is 0 Å². The fraction of sp³-hybridized carbons (Fsp3) is 0.417. The molecule has 2 atom stereocenters. The van der Waals surface area contributed by atoms with Crippen LogP contribution in [0.4, 0.5) is 0 Å². The zero-order chi connectivity index (χ0) is 14.6. The molecule has 106 valence electrons. The highest BCUT2D eigenvalue weighted by Crippen LogP contribution is 2.16. The first-order valence-corrected chi connectivity index (χ1v) is 8.34. The zero-order valence-electron chi connectivity index (χ0n) is 10.6. The molecule has 0 aliphatic rings. The molecule has 0 spiro atoms. The molecule has 0 fully saturated rings. The lowest BCUT2D eigenvalue weighted by molar-refractivity contribution is -0.140. The summed E-state index contributed by atoms with van der Waals surface area (Å²) in [7, 11) is -3.82. The number of nitrogens with one attached hydrogen (secondary N) is 1. The van der Waals surface area contributed by atoms with Crippen molar-refractivity contribution >= 4 is 38.6 Å². The molecule has 0 saturated heterocycles. The van der Waals surface area contributed by atoms with Crippen LogP contribution in [0.25, 0.3) is 0 Å². The molecular weight excluding hydrogens is 381 g/mol. The summed E-state index contributed by atoms with van der Waals surface area (Å²) in [5.74, 6) is -1.45. The van der Waals surface area contributed by atoms with Crippen LogP contribution in [0.1, 0.15) is 20.3 Å². The highest BCUT2D eigenvalue weighted by atomic mass is 127. The summed E-state index contributed by atoms with van der Waals surface area (Å²) < 4.78 is 27.3. The van der Waals surface area contributed by atoms with Gasteiger partial charge in [0.25, 0.3) is 0 Å². The predicted molar refractivity (Wildman–Crippen MR) is 80.4 cm³/mol. The number of benzene rings is 1. The van der Waals surface area contributed by atoms with Crippen molar-refractivity contribution in [2.45, 2.75) is 31.2 Å². The maximum absolute atomic E-state index is 12.1. The van der Waals surface area contributed by atoms with Gasteiger partial charge in [0, 0.05) is 3.57 Å². The van der Waals surface area contributed by atoms with Crippen LogP contribution in [0.15, 0.2) is 29.2 Å². The minimum Gasteiger partial charge on any atom is -0.480 e. The molecule has 0 aliphatic heterocycles. The van der Waals surface area contributed by atoms with E-state index in [1.165, 1.54) is 12.1 Å². The number of sulfonamides is 1. The number of hydrogen-bond acceptors (Lipinski definition) is 3. The molecule has 2 N–H and O–H groups in total. The summed E-state index contributed by atoms with van der Waals surface area (Å²) >= 11 is 2.00. The topological polar surface area (TPSA) is 83.5 Å². The van der Waals surface area contributed by atoms with Crippen LogP contribution in [0.5, 0.6) is 0 Å². The average Bonchev–Trinajstić information content (AvgIpc) is 2.35. The van der Waals surface area contributed by atoms with Crippen molar-refractivity contribution in [1.29, 1.82) is 0 Å². The third kappa shape index (κ3) is 4.43. The lowest BCUT2D eigenvalue weighted by Gasteiger charge is -2.20. The predicted octanol–water partition coefficient (Wildman–Crippen LogP) is 2.07. The summed E-state index contributed by atoms with van der Waals surface area (Å²) in [6, 6.07) is 5.21. The second kappa shape index (κ2) is 6.67. The Morgan fingerprint density at radius 2 is 2.11 bits per heavy atom. The van der Waals surface area contributed by atoms with Gasteiger partial charge in [-0.1, -0.05) is 26.3 Å². The van der Waals surface area contributed by atoms with E-state index < -0.39 is 22.0 Å². The number of carboxylic acid groups (broad SMARTS) is 1. The number of rotatable bonds is 6. The minimum absolute atomic E-state index is 0.0777. The molecule has 0 heterocycles. The fourth-order valence-electron chi connectivity index (χ4n) is 1.52. The second-order valence-electron chi connectivity index (χ2n) is 4.28. The number of hydrogen-bond donors (Lipinski definition) is 2. The van der Waals surface area contributed by atoms with Crippen molar-refractivity contribution in [3.8, 4) is 0 Å². The normalized spacial score (nSPS) is 14.9. The van der Waals surface area contributed by atoms with Gasteiger partial charge in [0.05, 0.1) is 4.90 Å². The van der Waals surface area contributed by atoms with E-state index in [4.69, 9.17) is 5.11 Å². The quantitative estimate of drug-likeness (QED) is 0.720. The Morgan fingerprint density at radius 1 is 1.47 bits per heavy atom. The minimum atomic E-state index is -3.82. The molecule has 0 unspecified atom stereocenters. The van der Waals surface area contributed by atoms with Gasteiger partial charge in [-0.3, -0.25) is 4.79 Å². The zero-order valence-corrected chi connectivity index (χ0v) is 13.6. The molecule has 0 aliphatic carbocycles. The van der Waals surface area contributed by atoms with Crippen molar-refractivity contribution < 1.29 is 18.3 Å². The van der Waals surface area contributed by atoms with Gasteiger partial charge in [-0.2, -0.15) is 4.72 Å². The highest BCUT2D eigenvalue weighted by Gasteiger charge is 2.29. The smallest absolute Gasteiger partial charge is 0.322 e. The SMILES string of the molecule is CC[C@H](C)[C@H](NS(=O)(=O)c1cccc(I)c1)C(=O)O. The number of aliphatic carboxylic acids is 1. The lowest BCUT2D eigenvalue weighted by atomic mass is 10.0. The molecule has 0 aromatic heterocycles. The molecule has 7 heteroatoms. The monoisotopic (exact) mass is 397 g/mol. The first-order valence-electron chi connectivity index (χ1n) is 5.78. The average molecular weight is 397 g/mol. The molecule has 1 rings (SSSR count). The molecule has 0 saturated carbocycles. The van der Waals surface area contributed by atoms with Gasteiger partial charge in [0.1, 0.15) is 6.04 Å². The molecule has 5 nitrogen and oxygen atoms in total. The Morgan fingerprint density at radius 3 is 2.58 bits per heavy atom. The van der Waals surface area contributed by atoms with Crippen LogP contribution in [-0.2, 0) is 14.8 Å². The molecule has 19 heavy (non-hydrogen) atoms. The molecule has 0 radical (unpaired) electrons. The van der Waals surface area contributed by atoms with Crippen LogP contribution in [0, 0.1) is 9.49 Å². The van der Waals surface area contributed by atoms with Crippen molar-refractivity contribution in [3.63, 3.8) is 0 Å². The first-order chi connectivity index (χ1) is 8.77. The molecule has 1 aromatic carbocycles. The van der Waals surface area contributed by atoms with Gasteiger partial charge in [0.15, 0.2) is 0 Å². The molecule has 1 aromatic rings. The summed E-state index contributed by atoms with van der Waals surface area (Å²) in [4.78, 5) is 11.2. The van der Waals surface area contributed by atoms with Gasteiger partial charge >= 0.3 is 5.97 Å². The number of carbonyl (C=O) groups is 1. The Balaban J connectivity index is 3.04. The third-order valence-electron chi connectivity index (χ3n) is 2.87. The summed E-state index contributed by atoms with van der Waals surface area (Å²) in [5.41, 5.74) is 0. The van der Waals surface area contributed by atoms with E-state index in [0.29, 0.717) is 6.42 Å². The fourth-order valence-corrected chi connectivity index (χ4v) is 3.61. The third-order valence-corrected chi connectivity index (χ3v) is 4.98. The lowest BCUT2D eigenvalue weighted by Crippen LogP contribution is -2.44. The molecule has 0 amide bonds. The Hall–Kier alpha value is -0.670. The van der Waals surface area contributed by atoms with Crippen LogP contribution >= 0.6 is 22.6 Å². The Labute approximate surface area is 126 Å². The standard InChI is InChI=1S/C12H16INO4S/c1-3-8(2)11(12(15)16)14-19(17,18)10-6-4-5-9(13)7-10/h4-8,11,14H,3H2,1-2H3,(H,15,16)/t8-,11-/m0/s1. The van der Waals surface area contributed by atoms with E-state index in [0.717, 1.165) is 3.57 Å². The van der Waals surface area contributed by atoms with E-state index in [2.05, 4.69) is 4.72 Å². The number of halogens is 1. The van der Waals surface area contributed by atoms with E-state index >= 15 is 0 Å². The maximum Gasteiger partial charge on any atom is 0.322 e. The van der Waals surface area contributed by atoms with Crippen LogP contribution in [0.2, 0.25) is 0 Å². The second-order valence-corrected chi connectivity index (χ2v) is 7.24. The van der Waals surface area contributed by atoms with Crippen LogP contribution < -0.4 is 4.72 Å². The summed E-state index contributed by atoms with van der Waals surface area (Å²) in [6.07, 6.45) is 0.575. The van der Waals surface area contributed by atoms with E-state index in [1.807, 2.05) is 29.5 Å². The van der Waals surface area contributed by atoms with Crippen molar-refractivity contribution in [2.24, 2.45) is 5.92 Å². The maximum atomic E-state index is 12.1. The molecule has 0 bridgehead atoms. The Kier molecular flexibility index (Phi) is 5.75. The van der Waals surface area contributed by atoms with Crippen molar-refractivity contribution in [3.05, 3.63) is 27.8 Å². The first kappa shape index (κ1) is 16.4. The van der Waals surface area contributed by atoms with E-state index in [-0.39, 0.29) is 10.8 Å². The van der Waals surface area contributed by atoms with Gasteiger partial charge in [0.2, 0.25) is 10.0 Å². The van der Waals surface area contributed by atoms with Gasteiger partial charge < -0.3 is 5.11 Å². The highest BCUT2D eigenvalue weighted by molar-refractivity contribution is 14.1. The van der Waals surface area contributed by atoms with E-state index in [1.54, 1.807) is 19.1 Å². The van der Waals surface area contributed by atoms with Gasteiger partial charge in [-0.05, 0) is 46.7 Å². The van der Waals surface area contributed by atoms with Crippen LogP contribution in [0.3, 0.4) is 0 Å². The van der Waals surface area contributed by atoms with Gasteiger partial charge in [-0.25, -0.2) is 8.42 Å². The largest absolute Gasteiger partial charge is 0.480 e. The van der Waals surface area contributed by atoms with Crippen molar-refractivity contribution in [2.75, 3.05) is 0 Å².